The van der Waals surface area contributed by atoms with Gasteiger partial charge in [0.25, 0.3) is 0 Å². The number of ether oxygens (including phenoxy) is 1. The minimum atomic E-state index is -0.836. The van der Waals surface area contributed by atoms with E-state index in [0.29, 0.717) is 21.4 Å². The van der Waals surface area contributed by atoms with E-state index in [9.17, 15) is 14.7 Å². The molecule has 0 saturated heterocycles. The molecule has 0 aliphatic carbocycles. The van der Waals surface area contributed by atoms with E-state index in [1.54, 1.807) is 12.1 Å². The largest absolute Gasteiger partial charge is 0.504 e. The van der Waals surface area contributed by atoms with Crippen LogP contribution >= 0.6 is 22.6 Å². The molecule has 0 saturated carbocycles. The van der Waals surface area contributed by atoms with Crippen LogP contribution in [0.1, 0.15) is 19.4 Å². The smallest absolute Gasteiger partial charge is 0.329 e. The number of methoxy groups -OCH3 is 1. The quantitative estimate of drug-likeness (QED) is 0.289. The van der Waals surface area contributed by atoms with Gasteiger partial charge in [-0.1, -0.05) is 13.8 Å². The highest BCUT2D eigenvalue weighted by molar-refractivity contribution is 14.1. The third kappa shape index (κ3) is 5.51. The number of rotatable bonds is 5. The Labute approximate surface area is 142 Å². The molecule has 0 aliphatic rings. The molecule has 0 unspecified atom stereocenters. The van der Waals surface area contributed by atoms with Crippen molar-refractivity contribution < 1.29 is 19.4 Å². The summed E-state index contributed by atoms with van der Waals surface area (Å²) in [4.78, 5) is 22.9. The van der Waals surface area contributed by atoms with E-state index in [1.807, 2.05) is 36.4 Å². The van der Waals surface area contributed by atoms with Gasteiger partial charge in [-0.05, 0) is 46.2 Å². The predicted octanol–water partition coefficient (Wildman–Crippen LogP) is 1.23. The predicted molar refractivity (Wildman–Crippen MR) is 91.0 cm³/mol. The van der Waals surface area contributed by atoms with Crippen molar-refractivity contribution in [1.82, 2.24) is 10.7 Å². The number of carbonyl (C=O) groups excluding carboxylic acids is 2. The minimum absolute atomic E-state index is 0.0392. The highest BCUT2D eigenvalue weighted by Crippen LogP contribution is 2.31. The average molecular weight is 419 g/mol. The van der Waals surface area contributed by atoms with Gasteiger partial charge in [0.2, 0.25) is 0 Å². The fourth-order valence-corrected chi connectivity index (χ4v) is 2.04. The number of phenolic OH excluding ortho intramolecular Hbond substituents is 1. The van der Waals surface area contributed by atoms with E-state index in [0.717, 1.165) is 0 Å². The van der Waals surface area contributed by atoms with Gasteiger partial charge in [-0.25, -0.2) is 5.43 Å². The zero-order chi connectivity index (χ0) is 16.7. The monoisotopic (exact) mass is 419 g/mol. The van der Waals surface area contributed by atoms with Crippen LogP contribution in [0.5, 0.6) is 11.5 Å². The number of benzene rings is 1. The number of hydrazone groups is 1. The van der Waals surface area contributed by atoms with Crippen LogP contribution in [-0.2, 0) is 9.59 Å². The van der Waals surface area contributed by atoms with Crippen LogP contribution in [0.4, 0.5) is 0 Å². The zero-order valence-electron chi connectivity index (χ0n) is 12.5. The summed E-state index contributed by atoms with van der Waals surface area (Å²) in [6.07, 6.45) is 1.36. The van der Waals surface area contributed by atoms with Gasteiger partial charge in [0, 0.05) is 6.54 Å². The van der Waals surface area contributed by atoms with E-state index in [1.165, 1.54) is 13.3 Å². The summed E-state index contributed by atoms with van der Waals surface area (Å²) in [5.41, 5.74) is 2.75. The molecule has 0 aliphatic heterocycles. The maximum Gasteiger partial charge on any atom is 0.329 e. The molecule has 8 heteroatoms. The number of carbonyl (C=O) groups is 2. The Morgan fingerprint density at radius 1 is 1.41 bits per heavy atom. The van der Waals surface area contributed by atoms with E-state index in [-0.39, 0.29) is 11.7 Å². The Morgan fingerprint density at radius 2 is 2.09 bits per heavy atom. The van der Waals surface area contributed by atoms with E-state index in [4.69, 9.17) is 4.74 Å². The third-order valence-corrected chi connectivity index (χ3v) is 3.35. The molecule has 0 aromatic heterocycles. The minimum Gasteiger partial charge on any atom is -0.504 e. The molecule has 0 atom stereocenters. The van der Waals surface area contributed by atoms with Gasteiger partial charge in [0.05, 0.1) is 16.9 Å². The molecule has 3 N–H and O–H groups in total. The number of hydrogen-bond acceptors (Lipinski definition) is 5. The molecule has 0 radical (unpaired) electrons. The van der Waals surface area contributed by atoms with Crippen LogP contribution in [0.2, 0.25) is 0 Å². The number of halogens is 1. The molecule has 120 valence electrons. The lowest BCUT2D eigenvalue weighted by atomic mass is 10.2. The molecule has 0 spiro atoms. The first-order chi connectivity index (χ1) is 10.3. The summed E-state index contributed by atoms with van der Waals surface area (Å²) in [5.74, 6) is -0.973. The van der Waals surface area contributed by atoms with E-state index in [2.05, 4.69) is 15.8 Å². The second-order valence-electron chi connectivity index (χ2n) is 4.86. The maximum atomic E-state index is 11.5. The van der Waals surface area contributed by atoms with Gasteiger partial charge in [0.1, 0.15) is 0 Å². The summed E-state index contributed by atoms with van der Waals surface area (Å²) >= 11 is 1.95. The summed E-state index contributed by atoms with van der Waals surface area (Å²) in [5, 5.41) is 15.9. The lowest BCUT2D eigenvalue weighted by Gasteiger charge is -2.07. The lowest BCUT2D eigenvalue weighted by Crippen LogP contribution is -2.39. The van der Waals surface area contributed by atoms with Crippen molar-refractivity contribution in [2.45, 2.75) is 13.8 Å². The highest BCUT2D eigenvalue weighted by Gasteiger charge is 2.12. The molecule has 0 fully saturated rings. The fourth-order valence-electron chi connectivity index (χ4n) is 1.42. The molecule has 7 nitrogen and oxygen atoms in total. The zero-order valence-corrected chi connectivity index (χ0v) is 14.7. The van der Waals surface area contributed by atoms with Crippen LogP contribution in [0.25, 0.3) is 0 Å². The average Bonchev–Trinajstić information content (AvgIpc) is 2.47. The maximum absolute atomic E-state index is 11.5. The topological polar surface area (TPSA) is 100 Å². The van der Waals surface area contributed by atoms with Crippen molar-refractivity contribution >= 4 is 40.6 Å². The Hall–Kier alpha value is -1.84. The summed E-state index contributed by atoms with van der Waals surface area (Å²) in [6, 6.07) is 3.22. The van der Waals surface area contributed by atoms with Crippen molar-refractivity contribution in [1.29, 1.82) is 0 Å². The van der Waals surface area contributed by atoms with Crippen LogP contribution < -0.4 is 15.5 Å². The van der Waals surface area contributed by atoms with Gasteiger partial charge < -0.3 is 15.2 Å². The summed E-state index contributed by atoms with van der Waals surface area (Å²) in [6.45, 7) is 4.27. The van der Waals surface area contributed by atoms with Crippen LogP contribution in [0, 0.1) is 9.49 Å². The fraction of sp³-hybridized carbons (Fsp3) is 0.357. The first kappa shape index (κ1) is 18.2. The molecule has 0 heterocycles. The van der Waals surface area contributed by atoms with Gasteiger partial charge in [-0.15, -0.1) is 0 Å². The second-order valence-corrected chi connectivity index (χ2v) is 6.02. The number of nitrogens with one attached hydrogen (secondary N) is 2. The molecule has 1 rings (SSSR count). The van der Waals surface area contributed by atoms with Gasteiger partial charge >= 0.3 is 11.8 Å². The normalized spacial score (nSPS) is 10.8. The van der Waals surface area contributed by atoms with Crippen molar-refractivity contribution in [2.75, 3.05) is 13.7 Å². The van der Waals surface area contributed by atoms with Crippen molar-refractivity contribution in [2.24, 2.45) is 11.0 Å². The van der Waals surface area contributed by atoms with Crippen molar-refractivity contribution in [3.8, 4) is 11.5 Å². The van der Waals surface area contributed by atoms with Crippen molar-refractivity contribution in [3.63, 3.8) is 0 Å². The first-order valence-corrected chi connectivity index (χ1v) is 7.60. The molecule has 2 amide bonds. The highest BCUT2D eigenvalue weighted by atomic mass is 127. The summed E-state index contributed by atoms with van der Waals surface area (Å²) in [7, 11) is 1.44. The summed E-state index contributed by atoms with van der Waals surface area (Å²) < 4.78 is 5.60. The molecular weight excluding hydrogens is 401 g/mol. The Kier molecular flexibility index (Phi) is 7.09. The number of nitrogens with zero attached hydrogens (tertiary/aromatic N) is 1. The Bertz CT molecular complexity index is 588. The molecule has 1 aromatic rings. The van der Waals surface area contributed by atoms with E-state index < -0.39 is 11.8 Å². The van der Waals surface area contributed by atoms with Crippen molar-refractivity contribution in [3.05, 3.63) is 21.3 Å². The van der Waals surface area contributed by atoms with Gasteiger partial charge in [0.15, 0.2) is 11.5 Å². The van der Waals surface area contributed by atoms with E-state index >= 15 is 0 Å². The standard InChI is InChI=1S/C14H18IN3O4/c1-8(2)6-16-13(20)14(21)18-17-7-9-4-10(15)12(19)11(5-9)22-3/h4-5,7-8,19H,6H2,1-3H3,(H,16,20)(H,18,21)/b17-7-. The molecular formula is C14H18IN3O4. The SMILES string of the molecule is COc1cc(/C=N\NC(=O)C(=O)NCC(C)C)cc(I)c1O. The number of aromatic hydroxyl groups is 1. The van der Waals surface area contributed by atoms with Gasteiger partial charge in [-0.3, -0.25) is 9.59 Å². The van der Waals surface area contributed by atoms with Crippen LogP contribution in [0.15, 0.2) is 17.2 Å². The number of hydrogen-bond donors (Lipinski definition) is 3. The third-order valence-electron chi connectivity index (χ3n) is 2.53. The molecule has 1 aromatic carbocycles. The molecule has 0 bridgehead atoms. The number of phenols is 1. The van der Waals surface area contributed by atoms with Crippen LogP contribution in [-0.4, -0.2) is 36.8 Å². The first-order valence-electron chi connectivity index (χ1n) is 6.52. The molecule has 22 heavy (non-hydrogen) atoms. The van der Waals surface area contributed by atoms with Gasteiger partial charge in [-0.2, -0.15) is 5.10 Å². The Balaban J connectivity index is 2.64. The lowest BCUT2D eigenvalue weighted by molar-refractivity contribution is -0.139. The Morgan fingerprint density at radius 3 is 2.68 bits per heavy atom. The van der Waals surface area contributed by atoms with Crippen LogP contribution in [0.3, 0.4) is 0 Å². The second kappa shape index (κ2) is 8.57. The number of amides is 2.